The van der Waals surface area contributed by atoms with Gasteiger partial charge in [-0.25, -0.2) is 0 Å². The third-order valence-corrected chi connectivity index (χ3v) is 9.41. The Kier molecular flexibility index (Phi) is 9.48. The molecule has 2 atom stereocenters. The maximum atomic E-state index is 13.5. The molecule has 1 saturated carbocycles. The highest BCUT2D eigenvalue weighted by molar-refractivity contribution is 8.04. The van der Waals surface area contributed by atoms with Gasteiger partial charge in [-0.05, 0) is 61.7 Å². The van der Waals surface area contributed by atoms with Crippen molar-refractivity contribution >= 4 is 35.3 Å². The summed E-state index contributed by atoms with van der Waals surface area (Å²) in [6, 6.07) is 18.4. The van der Waals surface area contributed by atoms with Gasteiger partial charge in [-0.15, -0.1) is 11.8 Å². The standard InChI is InChI=1S/C31H40N4O3S/c1-38-26-14-12-25(13-15-26)34-20-18-33(19-21-34)17-7-16-32-30(36)23-35-27-10-5-6-11-28(27)39-29(31(35)37)22-24-8-3-2-4-9-24/h2-4,8-9,12-15,22,27-28H,5-7,10-11,16-21,23H2,1H3,(H,32,36)/b29-22-. The van der Waals surface area contributed by atoms with Crippen molar-refractivity contribution in [2.24, 2.45) is 0 Å². The molecule has 2 saturated heterocycles. The molecule has 3 fully saturated rings. The molecule has 5 rings (SSSR count). The fraction of sp³-hybridized carbons (Fsp3) is 0.484. The molecule has 3 aliphatic rings. The largest absolute Gasteiger partial charge is 0.497 e. The summed E-state index contributed by atoms with van der Waals surface area (Å²) in [5.41, 5.74) is 2.26. The molecule has 2 amide bonds. The Morgan fingerprint density at radius 2 is 1.77 bits per heavy atom. The van der Waals surface area contributed by atoms with E-state index in [2.05, 4.69) is 27.2 Å². The minimum Gasteiger partial charge on any atom is -0.497 e. The average Bonchev–Trinajstić information content (AvgIpc) is 2.98. The van der Waals surface area contributed by atoms with E-state index in [9.17, 15) is 9.59 Å². The zero-order valence-corrected chi connectivity index (χ0v) is 23.7. The maximum absolute atomic E-state index is 13.5. The first kappa shape index (κ1) is 27.6. The number of nitrogens with one attached hydrogen (secondary N) is 1. The minimum atomic E-state index is -0.0528. The third-order valence-electron chi connectivity index (χ3n) is 8.01. The Labute approximate surface area is 236 Å². The van der Waals surface area contributed by atoms with Crippen LogP contribution in [0.3, 0.4) is 0 Å². The molecule has 2 aromatic rings. The number of carbonyl (C=O) groups is 2. The zero-order chi connectivity index (χ0) is 27.0. The summed E-state index contributed by atoms with van der Waals surface area (Å²) in [5, 5.41) is 3.46. The molecule has 1 aliphatic carbocycles. The number of anilines is 1. The molecular formula is C31H40N4O3S. The molecule has 0 bridgehead atoms. The molecule has 0 radical (unpaired) electrons. The van der Waals surface area contributed by atoms with Gasteiger partial charge in [-0.1, -0.05) is 43.2 Å². The number of fused-ring (bicyclic) bond motifs is 1. The van der Waals surface area contributed by atoms with Crippen molar-refractivity contribution in [2.45, 2.75) is 43.4 Å². The lowest BCUT2D eigenvalue weighted by Gasteiger charge is -2.43. The number of nitrogens with zero attached hydrogens (tertiary/aromatic N) is 3. The second-order valence-electron chi connectivity index (χ2n) is 10.6. The fourth-order valence-corrected chi connectivity index (χ4v) is 7.30. The molecule has 2 aromatic carbocycles. The van der Waals surface area contributed by atoms with E-state index >= 15 is 0 Å². The lowest BCUT2D eigenvalue weighted by Crippen LogP contribution is -2.54. The molecule has 1 N–H and O–H groups in total. The van der Waals surface area contributed by atoms with E-state index < -0.39 is 0 Å². The van der Waals surface area contributed by atoms with E-state index in [4.69, 9.17) is 4.74 Å². The maximum Gasteiger partial charge on any atom is 0.261 e. The Balaban J connectivity index is 1.07. The van der Waals surface area contributed by atoms with Gasteiger partial charge in [0.25, 0.3) is 5.91 Å². The van der Waals surface area contributed by atoms with E-state index in [1.807, 2.05) is 53.4 Å². The number of methoxy groups -OCH3 is 1. The first-order valence-corrected chi connectivity index (χ1v) is 15.1. The number of benzene rings is 2. The highest BCUT2D eigenvalue weighted by atomic mass is 32.2. The van der Waals surface area contributed by atoms with Crippen LogP contribution in [0.15, 0.2) is 59.5 Å². The number of piperazine rings is 1. The monoisotopic (exact) mass is 548 g/mol. The second-order valence-corrected chi connectivity index (χ2v) is 11.9. The van der Waals surface area contributed by atoms with Crippen LogP contribution in [0.4, 0.5) is 5.69 Å². The van der Waals surface area contributed by atoms with Crippen LogP contribution < -0.4 is 15.0 Å². The number of thioether (sulfide) groups is 1. The van der Waals surface area contributed by atoms with Gasteiger partial charge in [0.2, 0.25) is 5.91 Å². The average molecular weight is 549 g/mol. The van der Waals surface area contributed by atoms with Crippen molar-refractivity contribution < 1.29 is 14.3 Å². The van der Waals surface area contributed by atoms with Crippen LogP contribution in [0, 0.1) is 0 Å². The minimum absolute atomic E-state index is 0.00289. The van der Waals surface area contributed by atoms with Crippen molar-refractivity contribution in [3.05, 3.63) is 65.1 Å². The highest BCUT2D eigenvalue weighted by Crippen LogP contribution is 2.42. The smallest absolute Gasteiger partial charge is 0.261 e. The van der Waals surface area contributed by atoms with Crippen molar-refractivity contribution in [2.75, 3.05) is 57.8 Å². The van der Waals surface area contributed by atoms with Crippen molar-refractivity contribution in [1.29, 1.82) is 0 Å². The van der Waals surface area contributed by atoms with Gasteiger partial charge in [0.1, 0.15) is 12.3 Å². The Hall–Kier alpha value is -2.97. The summed E-state index contributed by atoms with van der Waals surface area (Å²) in [4.78, 5) is 33.9. The number of amides is 2. The number of ether oxygens (including phenoxy) is 1. The van der Waals surface area contributed by atoms with Crippen LogP contribution in [0.25, 0.3) is 6.08 Å². The number of hydrogen-bond donors (Lipinski definition) is 1. The van der Waals surface area contributed by atoms with E-state index in [0.29, 0.717) is 11.8 Å². The molecule has 2 unspecified atom stereocenters. The first-order valence-electron chi connectivity index (χ1n) is 14.2. The van der Waals surface area contributed by atoms with E-state index in [0.717, 1.165) is 74.6 Å². The Bertz CT molecular complexity index is 1130. The van der Waals surface area contributed by atoms with Gasteiger partial charge in [-0.2, -0.15) is 0 Å². The van der Waals surface area contributed by atoms with Gasteiger partial charge >= 0.3 is 0 Å². The van der Waals surface area contributed by atoms with Gasteiger partial charge in [-0.3, -0.25) is 14.5 Å². The van der Waals surface area contributed by atoms with E-state index in [-0.39, 0.29) is 24.4 Å². The number of carbonyl (C=O) groups excluding carboxylic acids is 2. The summed E-state index contributed by atoms with van der Waals surface area (Å²) < 4.78 is 5.26. The molecule has 2 aliphatic heterocycles. The van der Waals surface area contributed by atoms with Crippen LogP contribution >= 0.6 is 11.8 Å². The fourth-order valence-electron chi connectivity index (χ4n) is 5.83. The molecule has 0 aromatic heterocycles. The SMILES string of the molecule is COc1ccc(N2CCN(CCCNC(=O)CN3C(=O)/C(=C/c4ccccc4)SC4CCCCC43)CC2)cc1. The predicted molar refractivity (Wildman–Crippen MR) is 159 cm³/mol. The van der Waals surface area contributed by atoms with Gasteiger partial charge in [0.05, 0.1) is 12.0 Å². The second kappa shape index (κ2) is 13.4. The third kappa shape index (κ3) is 7.17. The molecule has 8 heteroatoms. The zero-order valence-electron chi connectivity index (χ0n) is 22.9. The first-order chi connectivity index (χ1) is 19.1. The molecule has 208 valence electrons. The summed E-state index contributed by atoms with van der Waals surface area (Å²) in [6.45, 7) is 5.76. The summed E-state index contributed by atoms with van der Waals surface area (Å²) in [7, 11) is 1.69. The van der Waals surface area contributed by atoms with E-state index in [1.54, 1.807) is 18.9 Å². The molecular weight excluding hydrogens is 508 g/mol. The van der Waals surface area contributed by atoms with E-state index in [1.165, 1.54) is 12.1 Å². The van der Waals surface area contributed by atoms with Crippen LogP contribution in [-0.4, -0.2) is 85.8 Å². The Morgan fingerprint density at radius 3 is 2.51 bits per heavy atom. The molecule has 7 nitrogen and oxygen atoms in total. The van der Waals surface area contributed by atoms with Gasteiger partial charge in [0, 0.05) is 49.7 Å². The quantitative estimate of drug-likeness (QED) is 0.373. The highest BCUT2D eigenvalue weighted by Gasteiger charge is 2.41. The lowest BCUT2D eigenvalue weighted by atomic mass is 9.93. The van der Waals surface area contributed by atoms with Gasteiger partial charge in [0.15, 0.2) is 0 Å². The molecule has 0 spiro atoms. The van der Waals surface area contributed by atoms with Gasteiger partial charge < -0.3 is 19.9 Å². The summed E-state index contributed by atoms with van der Waals surface area (Å²) >= 11 is 1.71. The molecule has 2 heterocycles. The summed E-state index contributed by atoms with van der Waals surface area (Å²) in [6.07, 6.45) is 7.28. The van der Waals surface area contributed by atoms with Crippen LogP contribution in [-0.2, 0) is 9.59 Å². The van der Waals surface area contributed by atoms with Crippen LogP contribution in [0.2, 0.25) is 0 Å². The normalized spacial score (nSPS) is 23.0. The van der Waals surface area contributed by atoms with Crippen molar-refractivity contribution in [1.82, 2.24) is 15.1 Å². The summed E-state index contributed by atoms with van der Waals surface area (Å²) in [5.74, 6) is 0.825. The number of rotatable bonds is 9. The van der Waals surface area contributed by atoms with Crippen LogP contribution in [0.1, 0.15) is 37.7 Å². The van der Waals surface area contributed by atoms with Crippen molar-refractivity contribution in [3.63, 3.8) is 0 Å². The topological polar surface area (TPSA) is 65.1 Å². The lowest BCUT2D eigenvalue weighted by molar-refractivity contribution is -0.135. The number of hydrogen-bond acceptors (Lipinski definition) is 6. The predicted octanol–water partition coefficient (Wildman–Crippen LogP) is 4.25. The molecule has 39 heavy (non-hydrogen) atoms. The Morgan fingerprint density at radius 1 is 1.03 bits per heavy atom. The van der Waals surface area contributed by atoms with Crippen LogP contribution in [0.5, 0.6) is 5.75 Å². The van der Waals surface area contributed by atoms with Crippen molar-refractivity contribution in [3.8, 4) is 5.75 Å².